The lowest BCUT2D eigenvalue weighted by atomic mass is 10.0. The van der Waals surface area contributed by atoms with Crippen LogP contribution in [0.15, 0.2) is 0 Å². The normalized spacial score (nSPS) is 29.2. The van der Waals surface area contributed by atoms with Gasteiger partial charge in [-0.1, -0.05) is 0 Å². The summed E-state index contributed by atoms with van der Waals surface area (Å²) < 4.78 is 10.6. The van der Waals surface area contributed by atoms with Crippen molar-refractivity contribution >= 4 is 0 Å². The van der Waals surface area contributed by atoms with Gasteiger partial charge in [-0.05, 0) is 26.7 Å². The largest absolute Gasteiger partial charge is 0.389 e. The Kier molecular flexibility index (Phi) is 5.69. The van der Waals surface area contributed by atoms with E-state index in [-0.39, 0.29) is 0 Å². The summed E-state index contributed by atoms with van der Waals surface area (Å²) in [5, 5.41) is 13.3. The quantitative estimate of drug-likeness (QED) is 0.684. The lowest BCUT2D eigenvalue weighted by Gasteiger charge is -2.24. The van der Waals surface area contributed by atoms with E-state index in [1.165, 1.54) is 0 Å². The van der Waals surface area contributed by atoms with E-state index in [9.17, 15) is 5.11 Å². The molecule has 2 N–H and O–H groups in total. The van der Waals surface area contributed by atoms with Crippen molar-refractivity contribution in [3.05, 3.63) is 0 Å². The van der Waals surface area contributed by atoms with Gasteiger partial charge in [0.25, 0.3) is 0 Å². The number of hydrogen-bond acceptors (Lipinski definition) is 4. The molecule has 16 heavy (non-hydrogen) atoms. The lowest BCUT2D eigenvalue weighted by Crippen LogP contribution is -2.41. The Morgan fingerprint density at radius 2 is 2.25 bits per heavy atom. The van der Waals surface area contributed by atoms with Crippen molar-refractivity contribution < 1.29 is 14.6 Å². The van der Waals surface area contributed by atoms with Gasteiger partial charge >= 0.3 is 0 Å². The molecular weight excluding hydrogens is 206 g/mol. The van der Waals surface area contributed by atoms with Crippen LogP contribution in [-0.4, -0.2) is 49.7 Å². The van der Waals surface area contributed by atoms with Crippen LogP contribution in [-0.2, 0) is 9.47 Å². The zero-order chi connectivity index (χ0) is 12.0. The maximum atomic E-state index is 9.99. The molecule has 0 bridgehead atoms. The Hall–Kier alpha value is -0.160. The average molecular weight is 231 g/mol. The molecule has 1 aliphatic heterocycles. The van der Waals surface area contributed by atoms with Gasteiger partial charge in [-0.3, -0.25) is 0 Å². The number of ether oxygens (including phenoxy) is 2. The number of rotatable bonds is 7. The second kappa shape index (κ2) is 6.55. The van der Waals surface area contributed by atoms with E-state index in [0.29, 0.717) is 31.8 Å². The fraction of sp³-hybridized carbons (Fsp3) is 1.00. The van der Waals surface area contributed by atoms with Crippen molar-refractivity contribution in [2.24, 2.45) is 0 Å². The van der Waals surface area contributed by atoms with Gasteiger partial charge in [0.15, 0.2) is 0 Å². The molecule has 1 fully saturated rings. The van der Waals surface area contributed by atoms with Crippen LogP contribution in [0.5, 0.6) is 0 Å². The summed E-state index contributed by atoms with van der Waals surface area (Å²) in [4.78, 5) is 0. The third kappa shape index (κ3) is 5.25. The van der Waals surface area contributed by atoms with Gasteiger partial charge in [0, 0.05) is 33.2 Å². The predicted molar refractivity (Wildman–Crippen MR) is 63.6 cm³/mol. The highest BCUT2D eigenvalue weighted by molar-refractivity contribution is 4.78. The SMILES string of the molecule is COCCC(C)(O)CNCC1CCC(C)O1. The summed E-state index contributed by atoms with van der Waals surface area (Å²) in [6, 6.07) is 0. The Balaban J connectivity index is 2.09. The second-order valence-electron chi connectivity index (χ2n) is 5.02. The summed E-state index contributed by atoms with van der Waals surface area (Å²) in [6.07, 6.45) is 3.62. The molecule has 1 aliphatic rings. The molecule has 0 radical (unpaired) electrons. The second-order valence-corrected chi connectivity index (χ2v) is 5.02. The first-order valence-electron chi connectivity index (χ1n) is 6.11. The highest BCUT2D eigenvalue weighted by Gasteiger charge is 2.23. The molecule has 1 saturated heterocycles. The summed E-state index contributed by atoms with van der Waals surface area (Å²) in [5.74, 6) is 0. The monoisotopic (exact) mass is 231 g/mol. The first-order valence-corrected chi connectivity index (χ1v) is 6.11. The standard InChI is InChI=1S/C12H25NO3/c1-10-4-5-11(16-10)8-13-9-12(2,14)6-7-15-3/h10-11,13-14H,4-9H2,1-3H3. The number of aliphatic hydroxyl groups is 1. The summed E-state index contributed by atoms with van der Waals surface area (Å²) in [5.41, 5.74) is -0.694. The molecule has 0 aliphatic carbocycles. The van der Waals surface area contributed by atoms with Crippen LogP contribution in [0.2, 0.25) is 0 Å². The van der Waals surface area contributed by atoms with Crippen LogP contribution in [0.25, 0.3) is 0 Å². The highest BCUT2D eigenvalue weighted by Crippen LogP contribution is 2.18. The molecule has 4 nitrogen and oxygen atoms in total. The molecule has 0 spiro atoms. The Morgan fingerprint density at radius 1 is 1.50 bits per heavy atom. The van der Waals surface area contributed by atoms with Crippen LogP contribution in [0.3, 0.4) is 0 Å². The molecule has 3 atom stereocenters. The average Bonchev–Trinajstić information content (AvgIpc) is 2.61. The predicted octanol–water partition coefficient (Wildman–Crippen LogP) is 0.931. The molecule has 4 heteroatoms. The van der Waals surface area contributed by atoms with Gasteiger partial charge in [-0.15, -0.1) is 0 Å². The Morgan fingerprint density at radius 3 is 2.81 bits per heavy atom. The van der Waals surface area contributed by atoms with E-state index in [0.717, 1.165) is 19.4 Å². The molecule has 1 rings (SSSR count). The van der Waals surface area contributed by atoms with E-state index in [4.69, 9.17) is 9.47 Å². The Bertz CT molecular complexity index is 197. The van der Waals surface area contributed by atoms with Crippen LogP contribution in [0.1, 0.15) is 33.1 Å². The molecule has 0 aromatic heterocycles. The fourth-order valence-electron chi connectivity index (χ4n) is 1.95. The van der Waals surface area contributed by atoms with Crippen LogP contribution >= 0.6 is 0 Å². The maximum Gasteiger partial charge on any atom is 0.0765 e. The van der Waals surface area contributed by atoms with Gasteiger partial charge in [0.2, 0.25) is 0 Å². The number of hydrogen-bond donors (Lipinski definition) is 2. The minimum absolute atomic E-state index is 0.313. The van der Waals surface area contributed by atoms with Crippen molar-refractivity contribution in [3.63, 3.8) is 0 Å². The van der Waals surface area contributed by atoms with Crippen molar-refractivity contribution in [1.82, 2.24) is 5.32 Å². The summed E-state index contributed by atoms with van der Waals surface area (Å²) in [7, 11) is 1.65. The van der Waals surface area contributed by atoms with Gasteiger partial charge in [-0.25, -0.2) is 0 Å². The third-order valence-corrected chi connectivity index (χ3v) is 3.04. The summed E-state index contributed by atoms with van der Waals surface area (Å²) in [6.45, 7) is 5.94. The minimum Gasteiger partial charge on any atom is -0.389 e. The van der Waals surface area contributed by atoms with Gasteiger partial charge in [-0.2, -0.15) is 0 Å². The van der Waals surface area contributed by atoms with E-state index in [1.54, 1.807) is 7.11 Å². The summed E-state index contributed by atoms with van der Waals surface area (Å²) >= 11 is 0. The first kappa shape index (κ1) is 13.9. The van der Waals surface area contributed by atoms with Crippen molar-refractivity contribution in [2.45, 2.75) is 50.9 Å². The van der Waals surface area contributed by atoms with E-state index >= 15 is 0 Å². The molecule has 96 valence electrons. The van der Waals surface area contributed by atoms with Crippen LogP contribution in [0, 0.1) is 0 Å². The Labute approximate surface area is 98.3 Å². The van der Waals surface area contributed by atoms with E-state index in [1.807, 2.05) is 6.92 Å². The van der Waals surface area contributed by atoms with Crippen LogP contribution in [0.4, 0.5) is 0 Å². The van der Waals surface area contributed by atoms with Crippen LogP contribution < -0.4 is 5.32 Å². The highest BCUT2D eigenvalue weighted by atomic mass is 16.5. The molecular formula is C12H25NO3. The lowest BCUT2D eigenvalue weighted by molar-refractivity contribution is 0.0172. The topological polar surface area (TPSA) is 50.7 Å². The van der Waals surface area contributed by atoms with Crippen molar-refractivity contribution in [1.29, 1.82) is 0 Å². The first-order chi connectivity index (χ1) is 7.53. The maximum absolute atomic E-state index is 9.99. The molecule has 0 aromatic carbocycles. The van der Waals surface area contributed by atoms with Crippen molar-refractivity contribution in [2.75, 3.05) is 26.8 Å². The molecule has 3 unspecified atom stereocenters. The fourth-order valence-corrected chi connectivity index (χ4v) is 1.95. The van der Waals surface area contributed by atoms with Crippen molar-refractivity contribution in [3.8, 4) is 0 Å². The van der Waals surface area contributed by atoms with Gasteiger partial charge in [0.1, 0.15) is 0 Å². The van der Waals surface area contributed by atoms with Gasteiger partial charge in [0.05, 0.1) is 17.8 Å². The third-order valence-electron chi connectivity index (χ3n) is 3.04. The van der Waals surface area contributed by atoms with E-state index < -0.39 is 5.60 Å². The molecule has 0 saturated carbocycles. The minimum atomic E-state index is -0.694. The number of methoxy groups -OCH3 is 1. The number of nitrogens with one attached hydrogen (secondary N) is 1. The molecule has 1 heterocycles. The zero-order valence-electron chi connectivity index (χ0n) is 10.7. The zero-order valence-corrected chi connectivity index (χ0v) is 10.7. The molecule has 0 aromatic rings. The molecule has 0 amide bonds. The van der Waals surface area contributed by atoms with Gasteiger partial charge < -0.3 is 19.9 Å². The van der Waals surface area contributed by atoms with E-state index in [2.05, 4.69) is 12.2 Å². The smallest absolute Gasteiger partial charge is 0.0765 e.